The molecule has 0 radical (unpaired) electrons. The lowest BCUT2D eigenvalue weighted by Gasteiger charge is -2.32. The highest BCUT2D eigenvalue weighted by Crippen LogP contribution is 2.35. The molecule has 4 aromatic rings. The molecule has 5 nitrogen and oxygen atoms in total. The van der Waals surface area contributed by atoms with E-state index >= 15 is 0 Å². The molecule has 1 aliphatic rings. The standard InChI is InChI=1S/C29H32ClN3O2/c1-31-14-16-32(17-15-31)13-5-6-23-18-24-21-33(29(34)28(24)27(30)19-23)20-22-9-11-26(12-10-22)35-25-7-3-2-4-8-25/h2-4,7-12,18-19,21,34H,5-6,13-17,20H2,1H3. The number of benzene rings is 3. The molecule has 1 N–H and O–H groups in total. The Kier molecular flexibility index (Phi) is 7.28. The first kappa shape index (κ1) is 23.7. The van der Waals surface area contributed by atoms with Crippen molar-refractivity contribution in [2.45, 2.75) is 19.4 Å². The zero-order chi connectivity index (χ0) is 24.2. The van der Waals surface area contributed by atoms with Crippen LogP contribution < -0.4 is 4.74 Å². The molecule has 35 heavy (non-hydrogen) atoms. The average molecular weight is 490 g/mol. The van der Waals surface area contributed by atoms with Crippen molar-refractivity contribution in [2.75, 3.05) is 39.8 Å². The van der Waals surface area contributed by atoms with Crippen LogP contribution in [0.3, 0.4) is 0 Å². The van der Waals surface area contributed by atoms with Gasteiger partial charge in [-0.15, -0.1) is 0 Å². The third-order valence-electron chi connectivity index (χ3n) is 6.76. The van der Waals surface area contributed by atoms with Crippen LogP contribution >= 0.6 is 11.6 Å². The minimum absolute atomic E-state index is 0.207. The van der Waals surface area contributed by atoms with E-state index < -0.39 is 0 Å². The van der Waals surface area contributed by atoms with E-state index in [9.17, 15) is 5.11 Å². The van der Waals surface area contributed by atoms with Crippen molar-refractivity contribution < 1.29 is 9.84 Å². The Morgan fingerprint density at radius 2 is 1.60 bits per heavy atom. The number of rotatable bonds is 8. The van der Waals surface area contributed by atoms with Crippen LogP contribution in [0.1, 0.15) is 17.5 Å². The first-order chi connectivity index (χ1) is 17.0. The number of ether oxygens (including phenoxy) is 1. The topological polar surface area (TPSA) is 40.9 Å². The second-order valence-corrected chi connectivity index (χ2v) is 9.84. The van der Waals surface area contributed by atoms with Gasteiger partial charge in [-0.2, -0.15) is 0 Å². The zero-order valence-corrected chi connectivity index (χ0v) is 20.9. The Morgan fingerprint density at radius 1 is 0.886 bits per heavy atom. The molecule has 1 aromatic heterocycles. The molecule has 0 spiro atoms. The number of para-hydroxylation sites is 1. The third kappa shape index (κ3) is 5.81. The van der Waals surface area contributed by atoms with Gasteiger partial charge in [0.25, 0.3) is 0 Å². The van der Waals surface area contributed by atoms with Gasteiger partial charge < -0.3 is 24.2 Å². The number of fused-ring (bicyclic) bond motifs is 1. The van der Waals surface area contributed by atoms with Gasteiger partial charge in [-0.3, -0.25) is 0 Å². The van der Waals surface area contributed by atoms with E-state index in [0.29, 0.717) is 11.6 Å². The van der Waals surface area contributed by atoms with Crippen LogP contribution in [0.15, 0.2) is 72.9 Å². The van der Waals surface area contributed by atoms with Gasteiger partial charge in [0.2, 0.25) is 5.88 Å². The molecule has 0 aliphatic carbocycles. The van der Waals surface area contributed by atoms with Crippen molar-refractivity contribution >= 4 is 22.4 Å². The van der Waals surface area contributed by atoms with Crippen LogP contribution in [0, 0.1) is 0 Å². The second kappa shape index (κ2) is 10.7. The highest BCUT2D eigenvalue weighted by atomic mass is 35.5. The Morgan fingerprint density at radius 3 is 2.34 bits per heavy atom. The number of aromatic hydroxyl groups is 1. The summed E-state index contributed by atoms with van der Waals surface area (Å²) >= 11 is 6.62. The number of piperazine rings is 1. The molecule has 2 heterocycles. The maximum atomic E-state index is 10.9. The van der Waals surface area contributed by atoms with Crippen molar-refractivity contribution in [1.82, 2.24) is 14.4 Å². The molecule has 6 heteroatoms. The Labute approximate surface area is 212 Å². The van der Waals surface area contributed by atoms with E-state index in [0.717, 1.165) is 73.4 Å². The fourth-order valence-electron chi connectivity index (χ4n) is 4.72. The van der Waals surface area contributed by atoms with Gasteiger partial charge in [-0.05, 0) is 74.0 Å². The van der Waals surface area contributed by atoms with Crippen molar-refractivity contribution in [3.8, 4) is 17.4 Å². The lowest BCUT2D eigenvalue weighted by atomic mass is 10.1. The molecule has 0 atom stereocenters. The van der Waals surface area contributed by atoms with Crippen molar-refractivity contribution in [3.63, 3.8) is 0 Å². The summed E-state index contributed by atoms with van der Waals surface area (Å²) in [5, 5.41) is 13.2. The quantitative estimate of drug-likeness (QED) is 0.328. The van der Waals surface area contributed by atoms with Gasteiger partial charge in [0.05, 0.1) is 17.0 Å². The molecule has 0 saturated carbocycles. The molecule has 0 unspecified atom stereocenters. The molecule has 1 fully saturated rings. The number of hydrogen-bond donors (Lipinski definition) is 1. The van der Waals surface area contributed by atoms with Crippen molar-refractivity contribution in [1.29, 1.82) is 0 Å². The third-order valence-corrected chi connectivity index (χ3v) is 7.06. The largest absolute Gasteiger partial charge is 0.494 e. The van der Waals surface area contributed by atoms with Crippen molar-refractivity contribution in [3.05, 3.63) is 89.1 Å². The molecular formula is C29H32ClN3O2. The minimum atomic E-state index is 0.207. The van der Waals surface area contributed by atoms with Gasteiger partial charge >= 0.3 is 0 Å². The number of aromatic nitrogens is 1. The van der Waals surface area contributed by atoms with Gasteiger partial charge in [-0.1, -0.05) is 41.9 Å². The highest BCUT2D eigenvalue weighted by molar-refractivity contribution is 6.36. The van der Waals surface area contributed by atoms with Crippen LogP contribution in [-0.2, 0) is 13.0 Å². The predicted molar refractivity (Wildman–Crippen MR) is 143 cm³/mol. The molecule has 0 bridgehead atoms. The van der Waals surface area contributed by atoms with Gasteiger partial charge in [0.15, 0.2) is 0 Å². The Balaban J connectivity index is 1.24. The van der Waals surface area contributed by atoms with Gasteiger partial charge in [0, 0.05) is 37.8 Å². The first-order valence-corrected chi connectivity index (χ1v) is 12.7. The van der Waals surface area contributed by atoms with Crippen LogP contribution in [0.4, 0.5) is 0 Å². The van der Waals surface area contributed by atoms with E-state index in [1.165, 1.54) is 5.56 Å². The normalized spacial score (nSPS) is 15.0. The first-order valence-electron chi connectivity index (χ1n) is 12.3. The van der Waals surface area contributed by atoms with Crippen molar-refractivity contribution in [2.24, 2.45) is 0 Å². The monoisotopic (exact) mass is 489 g/mol. The molecule has 3 aromatic carbocycles. The van der Waals surface area contributed by atoms with Crippen LogP contribution in [0.2, 0.25) is 5.02 Å². The van der Waals surface area contributed by atoms with Crippen LogP contribution in [0.5, 0.6) is 17.4 Å². The molecule has 5 rings (SSSR count). The maximum absolute atomic E-state index is 10.9. The summed E-state index contributed by atoms with van der Waals surface area (Å²) in [4.78, 5) is 4.92. The summed E-state index contributed by atoms with van der Waals surface area (Å²) in [7, 11) is 2.19. The minimum Gasteiger partial charge on any atom is -0.494 e. The summed E-state index contributed by atoms with van der Waals surface area (Å²) in [6.45, 7) is 6.25. The lowest BCUT2D eigenvalue weighted by Crippen LogP contribution is -2.44. The summed E-state index contributed by atoms with van der Waals surface area (Å²) in [5.74, 6) is 1.80. The SMILES string of the molecule is CN1CCN(CCCc2cc(Cl)c3c(O)n(Cc4ccc(Oc5ccccc5)cc4)cc3c2)CC1. The van der Waals surface area contributed by atoms with E-state index in [4.69, 9.17) is 16.3 Å². The second-order valence-electron chi connectivity index (χ2n) is 9.43. The summed E-state index contributed by atoms with van der Waals surface area (Å²) < 4.78 is 7.74. The fourth-order valence-corrected chi connectivity index (χ4v) is 5.06. The summed E-state index contributed by atoms with van der Waals surface area (Å²) in [6.07, 6.45) is 4.08. The van der Waals surface area contributed by atoms with E-state index in [-0.39, 0.29) is 5.88 Å². The Hall–Kier alpha value is -2.99. The van der Waals surface area contributed by atoms with E-state index in [1.807, 2.05) is 71.4 Å². The van der Waals surface area contributed by atoms with Crippen LogP contribution in [0.25, 0.3) is 10.8 Å². The fraction of sp³-hybridized carbons (Fsp3) is 0.310. The summed E-state index contributed by atoms with van der Waals surface area (Å²) in [5.41, 5.74) is 2.29. The molecule has 182 valence electrons. The molecule has 0 amide bonds. The Bertz CT molecular complexity index is 1260. The number of likely N-dealkylation sites (N-methyl/N-ethyl adjacent to an activating group) is 1. The zero-order valence-electron chi connectivity index (χ0n) is 20.2. The average Bonchev–Trinajstić information content (AvgIpc) is 3.17. The van der Waals surface area contributed by atoms with Gasteiger partial charge in [0.1, 0.15) is 11.5 Å². The van der Waals surface area contributed by atoms with E-state index in [1.54, 1.807) is 0 Å². The molecule has 1 aliphatic heterocycles. The number of nitrogens with zero attached hydrogens (tertiary/aromatic N) is 3. The number of hydrogen-bond acceptors (Lipinski definition) is 4. The molecular weight excluding hydrogens is 458 g/mol. The number of aryl methyl sites for hydroxylation is 1. The lowest BCUT2D eigenvalue weighted by molar-refractivity contribution is 0.153. The maximum Gasteiger partial charge on any atom is 0.200 e. The smallest absolute Gasteiger partial charge is 0.200 e. The van der Waals surface area contributed by atoms with Crippen LogP contribution in [-0.4, -0.2) is 59.2 Å². The van der Waals surface area contributed by atoms with Gasteiger partial charge in [-0.25, -0.2) is 0 Å². The number of halogens is 1. The predicted octanol–water partition coefficient (Wildman–Crippen LogP) is 6.02. The summed E-state index contributed by atoms with van der Waals surface area (Å²) in [6, 6.07) is 21.9. The molecule has 1 saturated heterocycles. The highest BCUT2D eigenvalue weighted by Gasteiger charge is 2.15. The van der Waals surface area contributed by atoms with E-state index in [2.05, 4.69) is 22.9 Å².